The van der Waals surface area contributed by atoms with Crippen molar-refractivity contribution < 1.29 is 18.0 Å². The van der Waals surface area contributed by atoms with Crippen LogP contribution in [-0.2, 0) is 10.0 Å². The molecule has 0 aromatic heterocycles. The third-order valence-electron chi connectivity index (χ3n) is 2.29. The summed E-state index contributed by atoms with van der Waals surface area (Å²) >= 11 is 0. The van der Waals surface area contributed by atoms with Gasteiger partial charge in [0.15, 0.2) is 0 Å². The largest absolute Gasteiger partial charge is 0.366 e. The van der Waals surface area contributed by atoms with Gasteiger partial charge in [-0.2, -0.15) is 0 Å². The highest BCUT2D eigenvalue weighted by Gasteiger charge is 2.19. The molecule has 0 spiro atoms. The minimum atomic E-state index is -3.66. The van der Waals surface area contributed by atoms with Crippen LogP contribution in [0.4, 0.5) is 0 Å². The Morgan fingerprint density at radius 2 is 1.56 bits per heavy atom. The van der Waals surface area contributed by atoms with Crippen LogP contribution in [0.15, 0.2) is 24.3 Å². The van der Waals surface area contributed by atoms with Gasteiger partial charge in [0.05, 0.1) is 5.25 Å². The van der Waals surface area contributed by atoms with Crippen molar-refractivity contribution >= 4 is 21.8 Å². The molecule has 0 aliphatic heterocycles. The first-order chi connectivity index (χ1) is 8.24. The van der Waals surface area contributed by atoms with Crippen LogP contribution in [0.2, 0.25) is 0 Å². The third kappa shape index (κ3) is 3.30. The summed E-state index contributed by atoms with van der Waals surface area (Å²) < 4.78 is 24.9. The van der Waals surface area contributed by atoms with Crippen LogP contribution in [0.5, 0.6) is 0 Å². The van der Waals surface area contributed by atoms with E-state index in [2.05, 4.69) is 0 Å². The van der Waals surface area contributed by atoms with Gasteiger partial charge in [-0.25, -0.2) is 13.1 Å². The zero-order valence-corrected chi connectivity index (χ0v) is 10.8. The molecular weight excluding hydrogens is 256 g/mol. The molecule has 1 aromatic rings. The number of rotatable bonds is 4. The molecule has 7 heteroatoms. The van der Waals surface area contributed by atoms with Crippen molar-refractivity contribution in [3.8, 4) is 0 Å². The maximum Gasteiger partial charge on any atom is 0.264 e. The second-order valence-electron chi connectivity index (χ2n) is 3.97. The Labute approximate surface area is 105 Å². The number of hydrogen-bond acceptors (Lipinski definition) is 4. The van der Waals surface area contributed by atoms with Crippen molar-refractivity contribution in [2.24, 2.45) is 5.73 Å². The quantitative estimate of drug-likeness (QED) is 0.818. The number of benzene rings is 1. The van der Waals surface area contributed by atoms with Gasteiger partial charge in [-0.15, -0.1) is 0 Å². The lowest BCUT2D eigenvalue weighted by Gasteiger charge is -2.09. The summed E-state index contributed by atoms with van der Waals surface area (Å²) in [6, 6.07) is 5.40. The summed E-state index contributed by atoms with van der Waals surface area (Å²) in [6.45, 7) is 2.93. The van der Waals surface area contributed by atoms with Crippen molar-refractivity contribution in [2.45, 2.75) is 19.1 Å². The van der Waals surface area contributed by atoms with Gasteiger partial charge >= 0.3 is 0 Å². The molecule has 0 saturated carbocycles. The second-order valence-corrected chi connectivity index (χ2v) is 6.20. The SMILES string of the molecule is CC(C)S(=O)(=O)NC(=O)c1ccc(C(N)=O)cc1. The number of primary amides is 1. The Balaban J connectivity index is 2.89. The van der Waals surface area contributed by atoms with Crippen LogP contribution in [0.1, 0.15) is 34.6 Å². The first-order valence-corrected chi connectivity index (χ1v) is 6.74. The van der Waals surface area contributed by atoms with E-state index in [1.54, 1.807) is 0 Å². The summed E-state index contributed by atoms with van der Waals surface area (Å²) in [5.74, 6) is -1.35. The van der Waals surface area contributed by atoms with E-state index < -0.39 is 27.1 Å². The molecule has 0 unspecified atom stereocenters. The van der Waals surface area contributed by atoms with Gasteiger partial charge in [0.25, 0.3) is 5.91 Å². The van der Waals surface area contributed by atoms with E-state index in [1.807, 2.05) is 4.72 Å². The standard InChI is InChI=1S/C11H14N2O4S/c1-7(2)18(16,17)13-11(15)9-5-3-8(4-6-9)10(12)14/h3-7H,1-2H3,(H2,12,14)(H,13,15). The molecule has 0 bridgehead atoms. The molecule has 0 radical (unpaired) electrons. The average Bonchev–Trinajstić information content (AvgIpc) is 2.28. The Morgan fingerprint density at radius 3 is 1.94 bits per heavy atom. The average molecular weight is 270 g/mol. The molecule has 6 nitrogen and oxygen atoms in total. The smallest absolute Gasteiger partial charge is 0.264 e. The van der Waals surface area contributed by atoms with Gasteiger partial charge in [-0.3, -0.25) is 9.59 Å². The molecule has 0 saturated heterocycles. The minimum absolute atomic E-state index is 0.143. The Kier molecular flexibility index (Phi) is 4.07. The molecule has 98 valence electrons. The molecule has 0 aliphatic rings. The molecule has 1 aromatic carbocycles. The first-order valence-electron chi connectivity index (χ1n) is 5.20. The zero-order chi connectivity index (χ0) is 13.9. The molecule has 1 rings (SSSR count). The van der Waals surface area contributed by atoms with Gasteiger partial charge in [-0.05, 0) is 38.1 Å². The Bertz CT molecular complexity index is 561. The topological polar surface area (TPSA) is 106 Å². The molecule has 0 aliphatic carbocycles. The van der Waals surface area contributed by atoms with E-state index in [9.17, 15) is 18.0 Å². The highest BCUT2D eigenvalue weighted by molar-refractivity contribution is 7.90. The van der Waals surface area contributed by atoms with E-state index in [-0.39, 0.29) is 11.1 Å². The predicted molar refractivity (Wildman–Crippen MR) is 66.5 cm³/mol. The molecule has 3 N–H and O–H groups in total. The van der Waals surface area contributed by atoms with Crippen molar-refractivity contribution in [3.05, 3.63) is 35.4 Å². The number of carbonyl (C=O) groups excluding carboxylic acids is 2. The van der Waals surface area contributed by atoms with E-state index in [4.69, 9.17) is 5.73 Å². The highest BCUT2D eigenvalue weighted by Crippen LogP contribution is 2.05. The summed E-state index contributed by atoms with van der Waals surface area (Å²) in [7, 11) is -3.66. The van der Waals surface area contributed by atoms with Crippen LogP contribution in [0.25, 0.3) is 0 Å². The lowest BCUT2D eigenvalue weighted by Crippen LogP contribution is -2.35. The van der Waals surface area contributed by atoms with E-state index in [1.165, 1.54) is 38.1 Å². The number of nitrogens with two attached hydrogens (primary N) is 1. The van der Waals surface area contributed by atoms with Crippen LogP contribution in [0, 0.1) is 0 Å². The van der Waals surface area contributed by atoms with Crippen LogP contribution in [-0.4, -0.2) is 25.5 Å². The molecule has 2 amide bonds. The summed E-state index contributed by atoms with van der Waals surface area (Å²) in [5.41, 5.74) is 5.44. The van der Waals surface area contributed by atoms with Crippen molar-refractivity contribution in [1.82, 2.24) is 4.72 Å². The Morgan fingerprint density at radius 1 is 1.11 bits per heavy atom. The van der Waals surface area contributed by atoms with Crippen LogP contribution in [0.3, 0.4) is 0 Å². The van der Waals surface area contributed by atoms with Crippen molar-refractivity contribution in [2.75, 3.05) is 0 Å². The van der Waals surface area contributed by atoms with E-state index in [0.717, 1.165) is 0 Å². The van der Waals surface area contributed by atoms with E-state index in [0.29, 0.717) is 0 Å². The normalized spacial score (nSPS) is 11.3. The van der Waals surface area contributed by atoms with Gasteiger partial charge in [0.1, 0.15) is 0 Å². The molecular formula is C11H14N2O4S. The molecule has 0 fully saturated rings. The highest BCUT2D eigenvalue weighted by atomic mass is 32.2. The van der Waals surface area contributed by atoms with E-state index >= 15 is 0 Å². The van der Waals surface area contributed by atoms with Crippen molar-refractivity contribution in [3.63, 3.8) is 0 Å². The zero-order valence-electron chi connectivity index (χ0n) is 10.0. The monoisotopic (exact) mass is 270 g/mol. The van der Waals surface area contributed by atoms with Gasteiger partial charge in [0, 0.05) is 11.1 Å². The molecule has 0 atom stereocenters. The van der Waals surface area contributed by atoms with Gasteiger partial charge in [0.2, 0.25) is 15.9 Å². The van der Waals surface area contributed by atoms with Crippen molar-refractivity contribution in [1.29, 1.82) is 0 Å². The number of carbonyl (C=O) groups is 2. The predicted octanol–water partition coefficient (Wildman–Crippen LogP) is 0.253. The first kappa shape index (κ1) is 14.2. The molecule has 0 heterocycles. The fourth-order valence-electron chi connectivity index (χ4n) is 1.09. The minimum Gasteiger partial charge on any atom is -0.366 e. The number of amides is 2. The number of sulfonamides is 1. The number of hydrogen-bond donors (Lipinski definition) is 2. The maximum atomic E-state index is 11.6. The fraction of sp³-hybridized carbons (Fsp3) is 0.273. The lowest BCUT2D eigenvalue weighted by atomic mass is 10.1. The summed E-state index contributed by atoms with van der Waals surface area (Å²) in [4.78, 5) is 22.5. The fourth-order valence-corrected chi connectivity index (χ4v) is 1.70. The van der Waals surface area contributed by atoms with Crippen LogP contribution < -0.4 is 10.5 Å². The Hall–Kier alpha value is -1.89. The molecule has 18 heavy (non-hydrogen) atoms. The summed E-state index contributed by atoms with van der Waals surface area (Å²) in [6.07, 6.45) is 0. The second kappa shape index (κ2) is 5.18. The van der Waals surface area contributed by atoms with Gasteiger partial charge in [-0.1, -0.05) is 0 Å². The third-order valence-corrected chi connectivity index (χ3v) is 4.00. The van der Waals surface area contributed by atoms with Gasteiger partial charge < -0.3 is 5.73 Å². The summed E-state index contributed by atoms with van der Waals surface area (Å²) in [5, 5.41) is -0.702. The van der Waals surface area contributed by atoms with Crippen LogP contribution >= 0.6 is 0 Å². The number of nitrogens with one attached hydrogen (secondary N) is 1. The maximum absolute atomic E-state index is 11.6. The lowest BCUT2D eigenvalue weighted by molar-refractivity contribution is 0.0975.